The molecule has 0 aromatic heterocycles. The van der Waals surface area contributed by atoms with Gasteiger partial charge in [-0.3, -0.25) is 0 Å². The van der Waals surface area contributed by atoms with Crippen molar-refractivity contribution in [2.24, 2.45) is 5.92 Å². The predicted octanol–water partition coefficient (Wildman–Crippen LogP) is 7.51. The van der Waals surface area contributed by atoms with Crippen LogP contribution >= 0.6 is 11.6 Å². The number of hydrogen-bond donors (Lipinski definition) is 0. The Bertz CT molecular complexity index is 740. The Morgan fingerprint density at radius 2 is 1.50 bits per heavy atom. The van der Waals surface area contributed by atoms with Gasteiger partial charge >= 0.3 is 5.97 Å². The van der Waals surface area contributed by atoms with Gasteiger partial charge in [0.05, 0.1) is 17.5 Å². The molecule has 0 amide bonds. The smallest absolute Gasteiger partial charge is 0.338 e. The quantitative estimate of drug-likeness (QED) is 0.187. The normalized spacial score (nSPS) is 12.9. The molecular formula is C26H35ClO3. The van der Waals surface area contributed by atoms with E-state index >= 15 is 0 Å². The number of halogens is 1. The number of alkyl halides is 1. The monoisotopic (exact) mass is 430 g/mol. The van der Waals surface area contributed by atoms with Crippen molar-refractivity contribution in [1.82, 2.24) is 0 Å². The van der Waals surface area contributed by atoms with Crippen LogP contribution in [0.2, 0.25) is 0 Å². The van der Waals surface area contributed by atoms with E-state index in [1.165, 1.54) is 25.7 Å². The topological polar surface area (TPSA) is 35.5 Å². The number of carbonyl (C=O) groups is 1. The van der Waals surface area contributed by atoms with Crippen LogP contribution in [0.1, 0.15) is 69.7 Å². The van der Waals surface area contributed by atoms with Crippen molar-refractivity contribution in [2.45, 2.75) is 64.7 Å². The molecule has 0 N–H and O–H groups in total. The van der Waals surface area contributed by atoms with Gasteiger partial charge < -0.3 is 9.47 Å². The Kier molecular flexibility index (Phi) is 10.8. The van der Waals surface area contributed by atoms with E-state index in [1.54, 1.807) is 12.1 Å². The molecule has 0 spiro atoms. The Morgan fingerprint density at radius 1 is 0.900 bits per heavy atom. The van der Waals surface area contributed by atoms with Gasteiger partial charge in [-0.25, -0.2) is 4.79 Å². The molecule has 3 nitrogen and oxygen atoms in total. The van der Waals surface area contributed by atoms with E-state index in [9.17, 15) is 4.79 Å². The highest BCUT2D eigenvalue weighted by Crippen LogP contribution is 2.23. The van der Waals surface area contributed by atoms with Crippen LogP contribution in [-0.2, 0) is 4.74 Å². The molecule has 2 aromatic carbocycles. The van der Waals surface area contributed by atoms with Gasteiger partial charge in [-0.1, -0.05) is 77.1 Å². The lowest BCUT2D eigenvalue weighted by Crippen LogP contribution is -2.20. The second kappa shape index (κ2) is 13.3. The maximum atomic E-state index is 12.2. The molecule has 0 aliphatic carbocycles. The van der Waals surface area contributed by atoms with Gasteiger partial charge in [-0.2, -0.15) is 0 Å². The van der Waals surface area contributed by atoms with E-state index in [0.717, 1.165) is 36.3 Å². The average Bonchev–Trinajstić information content (AvgIpc) is 2.79. The number of ether oxygens (including phenoxy) is 2. The molecule has 0 saturated carbocycles. The summed E-state index contributed by atoms with van der Waals surface area (Å²) in [5.74, 6) is 0.874. The molecule has 2 atom stereocenters. The van der Waals surface area contributed by atoms with E-state index in [0.29, 0.717) is 11.5 Å². The zero-order valence-corrected chi connectivity index (χ0v) is 19.3. The summed E-state index contributed by atoms with van der Waals surface area (Å²) >= 11 is 6.25. The van der Waals surface area contributed by atoms with E-state index in [-0.39, 0.29) is 18.0 Å². The Labute approximate surface area is 186 Å². The van der Waals surface area contributed by atoms with Crippen LogP contribution in [0.3, 0.4) is 0 Å². The van der Waals surface area contributed by atoms with Crippen LogP contribution in [0, 0.1) is 5.92 Å². The molecule has 0 heterocycles. The molecule has 2 rings (SSSR count). The molecule has 0 unspecified atom stereocenters. The summed E-state index contributed by atoms with van der Waals surface area (Å²) in [5, 5.41) is -0.157. The van der Waals surface area contributed by atoms with Gasteiger partial charge in [0.1, 0.15) is 12.4 Å². The lowest BCUT2D eigenvalue weighted by atomic mass is 10.0. The molecule has 30 heavy (non-hydrogen) atoms. The molecule has 0 saturated heterocycles. The Morgan fingerprint density at radius 3 is 2.10 bits per heavy atom. The number of esters is 1. The van der Waals surface area contributed by atoms with Crippen LogP contribution in [0.5, 0.6) is 5.75 Å². The highest BCUT2D eigenvalue weighted by atomic mass is 35.5. The van der Waals surface area contributed by atoms with Gasteiger partial charge in [0, 0.05) is 0 Å². The molecule has 0 radical (unpaired) electrons. The van der Waals surface area contributed by atoms with Crippen LogP contribution < -0.4 is 4.74 Å². The number of rotatable bonds is 13. The molecule has 0 fully saturated rings. The third-order valence-corrected chi connectivity index (χ3v) is 6.02. The summed E-state index contributed by atoms with van der Waals surface area (Å²) in [6.45, 7) is 7.36. The maximum Gasteiger partial charge on any atom is 0.338 e. The van der Waals surface area contributed by atoms with Gasteiger partial charge in [0.2, 0.25) is 0 Å². The standard InChI is InChI=1S/C26H35ClO3/c1-4-6-7-8-9-18-29-24-16-14-22(15-17-24)21-10-12-23(13-11-21)26(28)30-19-25(27)20(3)5-2/h10-17,20,25H,4-9,18-19H2,1-3H3/t20-,25+/m0/s1. The van der Waals surface area contributed by atoms with E-state index in [1.807, 2.05) is 36.4 Å². The second-order valence-corrected chi connectivity index (χ2v) is 8.42. The fourth-order valence-electron chi connectivity index (χ4n) is 3.10. The van der Waals surface area contributed by atoms with Gasteiger partial charge in [-0.05, 0) is 47.7 Å². The highest BCUT2D eigenvalue weighted by molar-refractivity contribution is 6.21. The summed E-state index contributed by atoms with van der Waals surface area (Å²) < 4.78 is 11.2. The van der Waals surface area contributed by atoms with Crippen LogP contribution in [-0.4, -0.2) is 24.6 Å². The predicted molar refractivity (Wildman–Crippen MR) is 126 cm³/mol. The molecule has 2 aromatic rings. The van der Waals surface area contributed by atoms with E-state index in [4.69, 9.17) is 21.1 Å². The largest absolute Gasteiger partial charge is 0.494 e. The summed E-state index contributed by atoms with van der Waals surface area (Å²) in [6, 6.07) is 15.6. The molecule has 4 heteroatoms. The first kappa shape index (κ1) is 24.3. The molecule has 0 bridgehead atoms. The Hall–Kier alpha value is -2.00. The molecule has 164 valence electrons. The first-order valence-electron chi connectivity index (χ1n) is 11.2. The fraction of sp³-hybridized carbons (Fsp3) is 0.500. The van der Waals surface area contributed by atoms with Crippen molar-refractivity contribution in [3.63, 3.8) is 0 Å². The Balaban J connectivity index is 1.83. The number of unbranched alkanes of at least 4 members (excludes halogenated alkanes) is 4. The minimum Gasteiger partial charge on any atom is -0.494 e. The SMILES string of the molecule is CCCCCCCOc1ccc(-c2ccc(C(=O)OC[C@@H](Cl)[C@@H](C)CC)cc2)cc1. The average molecular weight is 431 g/mol. The van der Waals surface area contributed by atoms with Gasteiger partial charge in [-0.15, -0.1) is 11.6 Å². The third kappa shape index (κ3) is 8.02. The van der Waals surface area contributed by atoms with Crippen molar-refractivity contribution in [2.75, 3.05) is 13.2 Å². The van der Waals surface area contributed by atoms with E-state index in [2.05, 4.69) is 20.8 Å². The molecule has 0 aliphatic rings. The summed E-state index contributed by atoms with van der Waals surface area (Å²) in [6.07, 6.45) is 7.13. The zero-order valence-electron chi connectivity index (χ0n) is 18.5. The summed E-state index contributed by atoms with van der Waals surface area (Å²) in [5.41, 5.74) is 2.67. The number of benzene rings is 2. The van der Waals surface area contributed by atoms with Crippen molar-refractivity contribution >= 4 is 17.6 Å². The minimum atomic E-state index is -0.335. The van der Waals surface area contributed by atoms with Gasteiger partial charge in [0.25, 0.3) is 0 Å². The zero-order chi connectivity index (χ0) is 21.8. The van der Waals surface area contributed by atoms with Crippen molar-refractivity contribution < 1.29 is 14.3 Å². The first-order valence-corrected chi connectivity index (χ1v) is 11.6. The summed E-state index contributed by atoms with van der Waals surface area (Å²) in [4.78, 5) is 12.2. The second-order valence-electron chi connectivity index (χ2n) is 7.86. The maximum absolute atomic E-state index is 12.2. The lowest BCUT2D eigenvalue weighted by Gasteiger charge is -2.16. The van der Waals surface area contributed by atoms with Crippen LogP contribution in [0.25, 0.3) is 11.1 Å². The van der Waals surface area contributed by atoms with Crippen LogP contribution in [0.4, 0.5) is 0 Å². The van der Waals surface area contributed by atoms with Crippen molar-refractivity contribution in [3.05, 3.63) is 54.1 Å². The van der Waals surface area contributed by atoms with Crippen molar-refractivity contribution in [1.29, 1.82) is 0 Å². The number of carbonyl (C=O) groups excluding carboxylic acids is 1. The summed E-state index contributed by atoms with van der Waals surface area (Å²) in [7, 11) is 0. The fourth-order valence-corrected chi connectivity index (χ4v) is 3.34. The third-order valence-electron chi connectivity index (χ3n) is 5.46. The molecule has 0 aliphatic heterocycles. The number of hydrogen-bond acceptors (Lipinski definition) is 3. The lowest BCUT2D eigenvalue weighted by molar-refractivity contribution is 0.0489. The molecular weight excluding hydrogens is 396 g/mol. The first-order chi connectivity index (χ1) is 14.5. The van der Waals surface area contributed by atoms with Crippen LogP contribution in [0.15, 0.2) is 48.5 Å². The van der Waals surface area contributed by atoms with Gasteiger partial charge in [0.15, 0.2) is 0 Å². The van der Waals surface area contributed by atoms with E-state index < -0.39 is 0 Å². The minimum absolute atomic E-state index is 0.157. The highest BCUT2D eigenvalue weighted by Gasteiger charge is 2.16. The van der Waals surface area contributed by atoms with Crippen molar-refractivity contribution in [3.8, 4) is 16.9 Å².